The van der Waals surface area contributed by atoms with Gasteiger partial charge in [0, 0.05) is 11.9 Å². The molecule has 0 saturated carbocycles. The minimum Gasteiger partial charge on any atom is -0.209 e. The molecule has 98 valence electrons. The standard InChI is InChI=1S/C9H12BrCl2NO2S2/c1-2-3-6(11)5-13-17(14,15)8-4-7(12)9(10)16-8/h4,6,13H,2-3,5H2,1H3. The lowest BCUT2D eigenvalue weighted by molar-refractivity contribution is 0.579. The van der Waals surface area contributed by atoms with E-state index in [0.717, 1.165) is 24.2 Å². The Morgan fingerprint density at radius 1 is 1.59 bits per heavy atom. The number of hydrogen-bond acceptors (Lipinski definition) is 3. The SMILES string of the molecule is CCCC(Cl)CNS(=O)(=O)c1cc(Cl)c(Br)s1. The summed E-state index contributed by atoms with van der Waals surface area (Å²) in [6.07, 6.45) is 1.70. The predicted molar refractivity (Wildman–Crippen MR) is 76.8 cm³/mol. The van der Waals surface area contributed by atoms with E-state index in [4.69, 9.17) is 23.2 Å². The first-order chi connectivity index (χ1) is 7.86. The van der Waals surface area contributed by atoms with E-state index in [1.807, 2.05) is 6.92 Å². The maximum Gasteiger partial charge on any atom is 0.250 e. The molecule has 0 aliphatic heterocycles. The zero-order valence-electron chi connectivity index (χ0n) is 9.04. The van der Waals surface area contributed by atoms with Crippen molar-refractivity contribution in [3.63, 3.8) is 0 Å². The number of alkyl halides is 1. The molecule has 8 heteroatoms. The third-order valence-electron chi connectivity index (χ3n) is 1.98. The van der Waals surface area contributed by atoms with Gasteiger partial charge in [-0.15, -0.1) is 22.9 Å². The molecule has 1 atom stereocenters. The summed E-state index contributed by atoms with van der Waals surface area (Å²) in [5.41, 5.74) is 0. The molecule has 17 heavy (non-hydrogen) atoms. The van der Waals surface area contributed by atoms with Crippen LogP contribution in [0.3, 0.4) is 0 Å². The summed E-state index contributed by atoms with van der Waals surface area (Å²) in [6, 6.07) is 1.42. The Hall–Kier alpha value is 0.670. The summed E-state index contributed by atoms with van der Waals surface area (Å²) in [6.45, 7) is 2.23. The molecule has 0 aliphatic carbocycles. The molecule has 1 aromatic heterocycles. The van der Waals surface area contributed by atoms with Gasteiger partial charge in [-0.3, -0.25) is 0 Å². The van der Waals surface area contributed by atoms with Gasteiger partial charge in [-0.25, -0.2) is 13.1 Å². The zero-order valence-corrected chi connectivity index (χ0v) is 13.8. The van der Waals surface area contributed by atoms with Gasteiger partial charge in [0.15, 0.2) is 0 Å². The van der Waals surface area contributed by atoms with Crippen molar-refractivity contribution in [1.82, 2.24) is 4.72 Å². The van der Waals surface area contributed by atoms with Gasteiger partial charge < -0.3 is 0 Å². The van der Waals surface area contributed by atoms with Crippen molar-refractivity contribution in [3.8, 4) is 0 Å². The maximum absolute atomic E-state index is 11.9. The van der Waals surface area contributed by atoms with Crippen molar-refractivity contribution < 1.29 is 8.42 Å². The number of sulfonamides is 1. The van der Waals surface area contributed by atoms with Crippen LogP contribution >= 0.6 is 50.5 Å². The first-order valence-corrected chi connectivity index (χ1v) is 8.86. The Morgan fingerprint density at radius 3 is 2.71 bits per heavy atom. The Kier molecular flexibility index (Phi) is 6.22. The van der Waals surface area contributed by atoms with Crippen molar-refractivity contribution >= 4 is 60.5 Å². The fraction of sp³-hybridized carbons (Fsp3) is 0.556. The molecule has 1 heterocycles. The topological polar surface area (TPSA) is 46.2 Å². The van der Waals surface area contributed by atoms with Crippen molar-refractivity contribution in [2.24, 2.45) is 0 Å². The second-order valence-electron chi connectivity index (χ2n) is 3.42. The molecule has 1 aromatic rings. The molecule has 1 rings (SSSR count). The van der Waals surface area contributed by atoms with Gasteiger partial charge >= 0.3 is 0 Å². The molecule has 0 amide bonds. The van der Waals surface area contributed by atoms with E-state index in [1.165, 1.54) is 6.07 Å². The third-order valence-corrected chi connectivity index (χ3v) is 6.73. The van der Waals surface area contributed by atoms with Crippen LogP contribution < -0.4 is 4.72 Å². The van der Waals surface area contributed by atoms with Gasteiger partial charge in [-0.1, -0.05) is 24.9 Å². The Morgan fingerprint density at radius 2 is 2.24 bits per heavy atom. The summed E-state index contributed by atoms with van der Waals surface area (Å²) in [4.78, 5) is 0. The van der Waals surface area contributed by atoms with Crippen LogP contribution in [0.5, 0.6) is 0 Å². The Balaban J connectivity index is 2.69. The second-order valence-corrected chi connectivity index (χ2v) is 8.81. The summed E-state index contributed by atoms with van der Waals surface area (Å²) >= 11 is 16.0. The monoisotopic (exact) mass is 379 g/mol. The van der Waals surface area contributed by atoms with Crippen LogP contribution in [0.1, 0.15) is 19.8 Å². The van der Waals surface area contributed by atoms with Gasteiger partial charge in [0.1, 0.15) is 4.21 Å². The highest BCUT2D eigenvalue weighted by Gasteiger charge is 2.19. The van der Waals surface area contributed by atoms with Crippen LogP contribution in [0.2, 0.25) is 5.02 Å². The van der Waals surface area contributed by atoms with Crippen molar-refractivity contribution in [3.05, 3.63) is 14.9 Å². The maximum atomic E-state index is 11.9. The van der Waals surface area contributed by atoms with E-state index < -0.39 is 10.0 Å². The third kappa shape index (κ3) is 4.69. The summed E-state index contributed by atoms with van der Waals surface area (Å²) in [5.74, 6) is 0. The quantitative estimate of drug-likeness (QED) is 0.761. The molecule has 0 bridgehead atoms. The largest absolute Gasteiger partial charge is 0.250 e. The molecular weight excluding hydrogens is 369 g/mol. The minimum atomic E-state index is -3.51. The molecule has 3 nitrogen and oxygen atoms in total. The minimum absolute atomic E-state index is 0.186. The van der Waals surface area contributed by atoms with Gasteiger partial charge in [-0.2, -0.15) is 0 Å². The van der Waals surface area contributed by atoms with E-state index in [1.54, 1.807) is 0 Å². The highest BCUT2D eigenvalue weighted by atomic mass is 79.9. The lowest BCUT2D eigenvalue weighted by atomic mass is 10.2. The lowest BCUT2D eigenvalue weighted by Gasteiger charge is -2.09. The first-order valence-electron chi connectivity index (χ1n) is 4.95. The number of halogens is 3. The summed E-state index contributed by atoms with van der Waals surface area (Å²) in [5, 5.41) is 0.208. The lowest BCUT2D eigenvalue weighted by Crippen LogP contribution is -2.29. The average molecular weight is 381 g/mol. The van der Waals surface area contributed by atoms with Gasteiger partial charge in [0.2, 0.25) is 10.0 Å². The van der Waals surface area contributed by atoms with Crippen molar-refractivity contribution in [1.29, 1.82) is 0 Å². The smallest absolute Gasteiger partial charge is 0.209 e. The van der Waals surface area contributed by atoms with Crippen molar-refractivity contribution in [2.75, 3.05) is 6.54 Å². The summed E-state index contributed by atoms with van der Waals surface area (Å²) < 4.78 is 27.0. The molecule has 0 fully saturated rings. The van der Waals surface area contributed by atoms with E-state index in [-0.39, 0.29) is 16.1 Å². The summed E-state index contributed by atoms with van der Waals surface area (Å²) in [7, 11) is -3.51. The molecule has 0 aromatic carbocycles. The van der Waals surface area contributed by atoms with Gasteiger partial charge in [0.05, 0.1) is 8.81 Å². The highest BCUT2D eigenvalue weighted by molar-refractivity contribution is 9.11. The van der Waals surface area contributed by atoms with Crippen LogP contribution in [0, 0.1) is 0 Å². The Labute approximate surface area is 124 Å². The normalized spacial score (nSPS) is 13.9. The van der Waals surface area contributed by atoms with E-state index in [0.29, 0.717) is 8.81 Å². The second kappa shape index (κ2) is 6.73. The van der Waals surface area contributed by atoms with Crippen LogP contribution in [-0.4, -0.2) is 20.3 Å². The van der Waals surface area contributed by atoms with E-state index >= 15 is 0 Å². The van der Waals surface area contributed by atoms with Crippen LogP contribution in [0.25, 0.3) is 0 Å². The number of rotatable bonds is 6. The predicted octanol–water partition coefficient (Wildman–Crippen LogP) is 3.85. The van der Waals surface area contributed by atoms with Crippen molar-refractivity contribution in [2.45, 2.75) is 29.4 Å². The van der Waals surface area contributed by atoms with Gasteiger partial charge in [0.25, 0.3) is 0 Å². The molecule has 1 unspecified atom stereocenters. The van der Waals surface area contributed by atoms with Crippen LogP contribution in [-0.2, 0) is 10.0 Å². The molecule has 1 N–H and O–H groups in total. The van der Waals surface area contributed by atoms with E-state index in [9.17, 15) is 8.42 Å². The molecule has 0 radical (unpaired) electrons. The molecule has 0 aliphatic rings. The van der Waals surface area contributed by atoms with Gasteiger partial charge in [-0.05, 0) is 28.4 Å². The van der Waals surface area contributed by atoms with E-state index in [2.05, 4.69) is 20.7 Å². The first kappa shape index (κ1) is 15.7. The zero-order chi connectivity index (χ0) is 13.1. The molecule has 0 saturated heterocycles. The van der Waals surface area contributed by atoms with Crippen LogP contribution in [0.15, 0.2) is 14.1 Å². The number of nitrogens with one attached hydrogen (secondary N) is 1. The average Bonchev–Trinajstić information content (AvgIpc) is 2.58. The van der Waals surface area contributed by atoms with Crippen LogP contribution in [0.4, 0.5) is 0 Å². The Bertz CT molecular complexity index is 456. The highest BCUT2D eigenvalue weighted by Crippen LogP contribution is 2.34. The molecular formula is C9H12BrCl2NO2S2. The fourth-order valence-electron chi connectivity index (χ4n) is 1.15. The number of hydrogen-bond donors (Lipinski definition) is 1. The fourth-order valence-corrected chi connectivity index (χ4v) is 5.06. The number of thiophene rings is 1. The molecule has 0 spiro atoms.